The van der Waals surface area contributed by atoms with Crippen LogP contribution < -0.4 is 5.32 Å². The molecule has 4 nitrogen and oxygen atoms in total. The Kier molecular flexibility index (Phi) is 6.08. The van der Waals surface area contributed by atoms with Gasteiger partial charge in [0.1, 0.15) is 11.8 Å². The normalized spacial score (nSPS) is 10.0. The molecule has 1 heterocycles. The SMILES string of the molecule is O=C(NCCC#Cc1ccc2nc(Cl)ccc2c1)OCc1ccccc1. The van der Waals surface area contributed by atoms with E-state index in [0.717, 1.165) is 22.0 Å². The third kappa shape index (κ3) is 5.23. The first kappa shape index (κ1) is 17.8. The van der Waals surface area contributed by atoms with Gasteiger partial charge in [-0.1, -0.05) is 53.8 Å². The molecule has 0 aliphatic heterocycles. The summed E-state index contributed by atoms with van der Waals surface area (Å²) in [4.78, 5) is 15.9. The van der Waals surface area contributed by atoms with Crippen molar-refractivity contribution in [3.05, 3.63) is 76.9 Å². The summed E-state index contributed by atoms with van der Waals surface area (Å²) in [6.45, 7) is 0.693. The maximum Gasteiger partial charge on any atom is 0.407 e. The molecule has 0 radical (unpaired) electrons. The van der Waals surface area contributed by atoms with Gasteiger partial charge in [-0.2, -0.15) is 0 Å². The predicted molar refractivity (Wildman–Crippen MR) is 103 cm³/mol. The predicted octanol–water partition coefficient (Wildman–Crippen LogP) is 4.56. The highest BCUT2D eigenvalue weighted by atomic mass is 35.5. The Balaban J connectivity index is 1.44. The number of fused-ring (bicyclic) bond motifs is 1. The van der Waals surface area contributed by atoms with Crippen LogP contribution in [0.2, 0.25) is 5.15 Å². The number of nitrogens with zero attached hydrogens (tertiary/aromatic N) is 1. The van der Waals surface area contributed by atoms with Gasteiger partial charge in [0.25, 0.3) is 0 Å². The lowest BCUT2D eigenvalue weighted by molar-refractivity contribution is 0.140. The lowest BCUT2D eigenvalue weighted by Crippen LogP contribution is -2.24. The zero-order valence-electron chi connectivity index (χ0n) is 14.0. The molecule has 0 saturated carbocycles. The van der Waals surface area contributed by atoms with Gasteiger partial charge in [0.15, 0.2) is 0 Å². The molecule has 0 unspecified atom stereocenters. The highest BCUT2D eigenvalue weighted by Gasteiger charge is 2.01. The lowest BCUT2D eigenvalue weighted by atomic mass is 10.1. The molecule has 0 saturated heterocycles. The first-order valence-electron chi connectivity index (χ1n) is 8.20. The first-order chi connectivity index (χ1) is 12.7. The van der Waals surface area contributed by atoms with Gasteiger partial charge >= 0.3 is 6.09 Å². The second kappa shape index (κ2) is 8.89. The van der Waals surface area contributed by atoms with Crippen molar-refractivity contribution >= 4 is 28.6 Å². The number of hydrogen-bond donors (Lipinski definition) is 1. The van der Waals surface area contributed by atoms with Crippen LogP contribution in [0.25, 0.3) is 10.9 Å². The van der Waals surface area contributed by atoms with Gasteiger partial charge in [-0.15, -0.1) is 0 Å². The average molecular weight is 365 g/mol. The van der Waals surface area contributed by atoms with E-state index in [0.29, 0.717) is 18.1 Å². The number of hydrogen-bond acceptors (Lipinski definition) is 3. The molecule has 0 bridgehead atoms. The van der Waals surface area contributed by atoms with Crippen molar-refractivity contribution in [2.75, 3.05) is 6.54 Å². The van der Waals surface area contributed by atoms with E-state index < -0.39 is 6.09 Å². The number of halogens is 1. The smallest absolute Gasteiger partial charge is 0.407 e. The third-order valence-electron chi connectivity index (χ3n) is 3.62. The van der Waals surface area contributed by atoms with E-state index in [-0.39, 0.29) is 6.61 Å². The molecule has 1 aromatic heterocycles. The van der Waals surface area contributed by atoms with Crippen LogP contribution in [-0.2, 0) is 11.3 Å². The van der Waals surface area contributed by atoms with Gasteiger partial charge in [0.05, 0.1) is 5.52 Å². The molecule has 2 aromatic carbocycles. The molecule has 0 fully saturated rings. The number of aromatic nitrogens is 1. The number of rotatable bonds is 4. The zero-order valence-corrected chi connectivity index (χ0v) is 14.8. The number of carbonyl (C=O) groups is 1. The second-order valence-corrected chi connectivity index (χ2v) is 5.97. The van der Waals surface area contributed by atoms with E-state index in [1.165, 1.54) is 0 Å². The third-order valence-corrected chi connectivity index (χ3v) is 3.83. The van der Waals surface area contributed by atoms with Gasteiger partial charge in [-0.3, -0.25) is 0 Å². The van der Waals surface area contributed by atoms with E-state index in [1.807, 2.05) is 54.6 Å². The quantitative estimate of drug-likeness (QED) is 0.419. The fourth-order valence-electron chi connectivity index (χ4n) is 2.34. The Morgan fingerprint density at radius 1 is 1.12 bits per heavy atom. The lowest BCUT2D eigenvalue weighted by Gasteiger charge is -2.05. The largest absolute Gasteiger partial charge is 0.445 e. The fraction of sp³-hybridized carbons (Fsp3) is 0.143. The Hall–Kier alpha value is -3.03. The summed E-state index contributed by atoms with van der Waals surface area (Å²) < 4.78 is 5.13. The topological polar surface area (TPSA) is 51.2 Å². The zero-order chi connectivity index (χ0) is 18.2. The molecule has 0 atom stereocenters. The summed E-state index contributed by atoms with van der Waals surface area (Å²) in [5.74, 6) is 6.12. The standard InChI is InChI=1S/C21H17ClN2O2/c22-20-12-10-18-14-16(9-11-19(18)24-20)6-4-5-13-23-21(25)26-15-17-7-2-1-3-8-17/h1-3,7-12,14H,5,13,15H2,(H,23,25). The van der Waals surface area contributed by atoms with E-state index >= 15 is 0 Å². The molecule has 3 rings (SSSR count). The summed E-state index contributed by atoms with van der Waals surface area (Å²) in [6, 6.07) is 19.0. The Morgan fingerprint density at radius 2 is 1.96 bits per heavy atom. The van der Waals surface area contributed by atoms with E-state index in [1.54, 1.807) is 6.07 Å². The molecule has 3 aromatic rings. The summed E-state index contributed by atoms with van der Waals surface area (Å²) in [5.41, 5.74) is 2.69. The molecule has 0 spiro atoms. The number of benzene rings is 2. The molecular formula is C21H17ClN2O2. The van der Waals surface area contributed by atoms with Crippen LogP contribution in [-0.4, -0.2) is 17.6 Å². The van der Waals surface area contributed by atoms with Crippen LogP contribution in [0.15, 0.2) is 60.7 Å². The summed E-state index contributed by atoms with van der Waals surface area (Å²) in [6.07, 6.45) is 0.0986. The average Bonchev–Trinajstić information content (AvgIpc) is 2.67. The van der Waals surface area contributed by atoms with Crippen molar-refractivity contribution in [3.8, 4) is 11.8 Å². The van der Waals surface area contributed by atoms with Gasteiger partial charge in [0, 0.05) is 23.9 Å². The number of ether oxygens (including phenoxy) is 1. The number of carbonyl (C=O) groups excluding carboxylic acids is 1. The van der Waals surface area contributed by atoms with Crippen molar-refractivity contribution < 1.29 is 9.53 Å². The van der Waals surface area contributed by atoms with Crippen LogP contribution in [0.1, 0.15) is 17.5 Å². The molecule has 0 aliphatic carbocycles. The van der Waals surface area contributed by atoms with Crippen molar-refractivity contribution in [1.29, 1.82) is 0 Å². The molecule has 0 aliphatic rings. The first-order valence-corrected chi connectivity index (χ1v) is 8.58. The summed E-state index contributed by atoms with van der Waals surface area (Å²) >= 11 is 5.88. The van der Waals surface area contributed by atoms with Crippen LogP contribution >= 0.6 is 11.6 Å². The minimum absolute atomic E-state index is 0.257. The second-order valence-electron chi connectivity index (χ2n) is 5.58. The summed E-state index contributed by atoms with van der Waals surface area (Å²) in [5, 5.41) is 4.15. The Labute approximate surface area is 157 Å². The highest BCUT2D eigenvalue weighted by molar-refractivity contribution is 6.29. The van der Waals surface area contributed by atoms with Crippen LogP contribution in [0.3, 0.4) is 0 Å². The fourth-order valence-corrected chi connectivity index (χ4v) is 2.50. The van der Waals surface area contributed by atoms with Crippen LogP contribution in [0.4, 0.5) is 4.79 Å². The van der Waals surface area contributed by atoms with Crippen LogP contribution in [0, 0.1) is 11.8 Å². The number of pyridine rings is 1. The van der Waals surface area contributed by atoms with E-state index in [4.69, 9.17) is 16.3 Å². The van der Waals surface area contributed by atoms with Crippen molar-refractivity contribution in [3.63, 3.8) is 0 Å². The number of amides is 1. The van der Waals surface area contributed by atoms with Crippen molar-refractivity contribution in [2.45, 2.75) is 13.0 Å². The molecule has 26 heavy (non-hydrogen) atoms. The maximum atomic E-state index is 11.6. The molecule has 1 N–H and O–H groups in total. The van der Waals surface area contributed by atoms with Gasteiger partial charge in [-0.25, -0.2) is 9.78 Å². The minimum Gasteiger partial charge on any atom is -0.445 e. The minimum atomic E-state index is -0.440. The van der Waals surface area contributed by atoms with Gasteiger partial charge in [0.2, 0.25) is 0 Å². The van der Waals surface area contributed by atoms with Crippen LogP contribution in [0.5, 0.6) is 0 Å². The maximum absolute atomic E-state index is 11.6. The number of nitrogens with one attached hydrogen (secondary N) is 1. The molecule has 130 valence electrons. The van der Waals surface area contributed by atoms with Crippen molar-refractivity contribution in [2.24, 2.45) is 0 Å². The van der Waals surface area contributed by atoms with Gasteiger partial charge < -0.3 is 10.1 Å². The van der Waals surface area contributed by atoms with Gasteiger partial charge in [-0.05, 0) is 35.9 Å². The Bertz CT molecular complexity index is 962. The highest BCUT2D eigenvalue weighted by Crippen LogP contribution is 2.16. The molecule has 5 heteroatoms. The van der Waals surface area contributed by atoms with E-state index in [9.17, 15) is 4.79 Å². The monoisotopic (exact) mass is 364 g/mol. The Morgan fingerprint density at radius 3 is 2.81 bits per heavy atom. The number of alkyl carbamates (subject to hydrolysis) is 1. The molecular weight excluding hydrogens is 348 g/mol. The summed E-state index contributed by atoms with van der Waals surface area (Å²) in [7, 11) is 0. The molecule has 1 amide bonds. The van der Waals surface area contributed by atoms with Crippen molar-refractivity contribution in [1.82, 2.24) is 10.3 Å². The van der Waals surface area contributed by atoms with E-state index in [2.05, 4.69) is 22.1 Å².